The number of nitrogens with two attached hydrogens (primary N) is 1. The van der Waals surface area contributed by atoms with Crippen LogP contribution in [-0.4, -0.2) is 29.1 Å². The molecule has 5 nitrogen and oxygen atoms in total. The average molecular weight is 284 g/mol. The van der Waals surface area contributed by atoms with E-state index in [1.54, 1.807) is 13.8 Å². The molecule has 1 amide bonds. The van der Waals surface area contributed by atoms with Crippen LogP contribution in [0, 0.1) is 23.2 Å². The number of hydrogen-bond acceptors (Lipinski definition) is 3. The van der Waals surface area contributed by atoms with Crippen LogP contribution in [0.4, 0.5) is 0 Å². The second-order valence-electron chi connectivity index (χ2n) is 6.97. The minimum Gasteiger partial charge on any atom is -0.480 e. The third-order valence-corrected chi connectivity index (χ3v) is 5.05. The zero-order valence-electron chi connectivity index (χ0n) is 13.1. The van der Waals surface area contributed by atoms with Gasteiger partial charge in [-0.2, -0.15) is 0 Å². The van der Waals surface area contributed by atoms with Gasteiger partial charge in [0.15, 0.2) is 0 Å². The zero-order chi connectivity index (χ0) is 15.7. The van der Waals surface area contributed by atoms with Crippen LogP contribution in [0.2, 0.25) is 0 Å². The van der Waals surface area contributed by atoms with E-state index >= 15 is 0 Å². The molecule has 1 saturated carbocycles. The molecule has 4 atom stereocenters. The van der Waals surface area contributed by atoms with E-state index in [0.717, 1.165) is 12.8 Å². The van der Waals surface area contributed by atoms with Crippen LogP contribution in [0.5, 0.6) is 0 Å². The molecule has 0 heterocycles. The Hall–Kier alpha value is -1.10. The Kier molecular flexibility index (Phi) is 5.19. The Bertz CT molecular complexity index is 379. The molecule has 0 bridgehead atoms. The van der Waals surface area contributed by atoms with E-state index in [0.29, 0.717) is 0 Å². The molecule has 4 N–H and O–H groups in total. The number of nitrogens with one attached hydrogen (secondary N) is 1. The first-order chi connectivity index (χ1) is 9.09. The first kappa shape index (κ1) is 17.0. The third kappa shape index (κ3) is 3.32. The first-order valence-corrected chi connectivity index (χ1v) is 7.37. The summed E-state index contributed by atoms with van der Waals surface area (Å²) < 4.78 is 0. The van der Waals surface area contributed by atoms with Crippen molar-refractivity contribution in [2.45, 2.75) is 59.5 Å². The summed E-state index contributed by atoms with van der Waals surface area (Å²) >= 11 is 0. The summed E-state index contributed by atoms with van der Waals surface area (Å²) in [4.78, 5) is 23.7. The maximum atomic E-state index is 12.5. The van der Waals surface area contributed by atoms with Gasteiger partial charge in [-0.05, 0) is 30.1 Å². The van der Waals surface area contributed by atoms with Gasteiger partial charge < -0.3 is 16.2 Å². The fourth-order valence-electron chi connectivity index (χ4n) is 3.09. The van der Waals surface area contributed by atoms with E-state index in [9.17, 15) is 14.7 Å². The molecule has 1 aliphatic carbocycles. The van der Waals surface area contributed by atoms with Crippen molar-refractivity contribution in [1.82, 2.24) is 5.32 Å². The first-order valence-electron chi connectivity index (χ1n) is 7.37. The number of rotatable bonds is 4. The summed E-state index contributed by atoms with van der Waals surface area (Å²) in [5.41, 5.74) is 5.87. The van der Waals surface area contributed by atoms with Gasteiger partial charge in [0, 0.05) is 12.0 Å². The molecule has 0 aromatic heterocycles. The lowest BCUT2D eigenvalue weighted by Gasteiger charge is -2.46. The molecule has 0 saturated heterocycles. The maximum absolute atomic E-state index is 12.5. The number of hydrogen-bond donors (Lipinski definition) is 3. The number of carboxylic acids is 1. The van der Waals surface area contributed by atoms with E-state index < -0.39 is 12.0 Å². The Morgan fingerprint density at radius 1 is 1.30 bits per heavy atom. The normalized spacial score (nSPS) is 30.9. The summed E-state index contributed by atoms with van der Waals surface area (Å²) in [6, 6.07) is -0.723. The van der Waals surface area contributed by atoms with Gasteiger partial charge in [-0.1, -0.05) is 34.6 Å². The minimum atomic E-state index is -0.980. The SMILES string of the molecule is CC(C)[C@H](NC(=O)C1CCC(N)C(C)C1(C)C)C(=O)O. The zero-order valence-corrected chi connectivity index (χ0v) is 13.1. The van der Waals surface area contributed by atoms with Crippen LogP contribution >= 0.6 is 0 Å². The summed E-state index contributed by atoms with van der Waals surface area (Å²) in [6.07, 6.45) is 1.52. The summed E-state index contributed by atoms with van der Waals surface area (Å²) in [5.74, 6) is -1.23. The van der Waals surface area contributed by atoms with Gasteiger partial charge in [0.25, 0.3) is 0 Å². The highest BCUT2D eigenvalue weighted by atomic mass is 16.4. The van der Waals surface area contributed by atoms with Crippen molar-refractivity contribution < 1.29 is 14.7 Å². The molecule has 1 aliphatic rings. The number of amides is 1. The highest BCUT2D eigenvalue weighted by Crippen LogP contribution is 2.44. The van der Waals surface area contributed by atoms with Crippen molar-refractivity contribution in [3.05, 3.63) is 0 Å². The van der Waals surface area contributed by atoms with E-state index in [-0.39, 0.29) is 35.1 Å². The Labute approximate surface area is 121 Å². The number of carbonyl (C=O) groups is 2. The molecule has 116 valence electrons. The van der Waals surface area contributed by atoms with Crippen molar-refractivity contribution in [3.8, 4) is 0 Å². The van der Waals surface area contributed by atoms with Gasteiger partial charge in [-0.25, -0.2) is 4.79 Å². The second kappa shape index (κ2) is 6.12. The van der Waals surface area contributed by atoms with Crippen LogP contribution < -0.4 is 11.1 Å². The lowest BCUT2D eigenvalue weighted by Crippen LogP contribution is -2.54. The molecule has 0 radical (unpaired) electrons. The largest absolute Gasteiger partial charge is 0.480 e. The standard InChI is InChI=1S/C15H28N2O3/c1-8(2)12(14(19)20)17-13(18)10-6-7-11(16)9(3)15(10,4)5/h8-12H,6-7,16H2,1-5H3,(H,17,18)(H,19,20)/t9?,10?,11?,12-/m0/s1. The van der Waals surface area contributed by atoms with Crippen LogP contribution in [0.3, 0.4) is 0 Å². The monoisotopic (exact) mass is 284 g/mol. The third-order valence-electron chi connectivity index (χ3n) is 5.05. The molecule has 0 aliphatic heterocycles. The van der Waals surface area contributed by atoms with E-state index in [2.05, 4.69) is 12.2 Å². The van der Waals surface area contributed by atoms with E-state index in [1.165, 1.54) is 0 Å². The highest BCUT2D eigenvalue weighted by Gasteiger charge is 2.45. The Balaban J connectivity index is 2.84. The minimum absolute atomic E-state index is 0.106. The summed E-state index contributed by atoms with van der Waals surface area (Å²) in [6.45, 7) is 9.76. The Morgan fingerprint density at radius 3 is 2.30 bits per heavy atom. The van der Waals surface area contributed by atoms with Gasteiger partial charge >= 0.3 is 5.97 Å². The lowest BCUT2D eigenvalue weighted by atomic mass is 9.61. The predicted octanol–water partition coefficient (Wildman–Crippen LogP) is 1.61. The van der Waals surface area contributed by atoms with Crippen molar-refractivity contribution in [1.29, 1.82) is 0 Å². The molecule has 1 fully saturated rings. The van der Waals surface area contributed by atoms with Crippen molar-refractivity contribution >= 4 is 11.9 Å². The van der Waals surface area contributed by atoms with E-state index in [4.69, 9.17) is 5.73 Å². The average Bonchev–Trinajstić information content (AvgIpc) is 2.32. The number of carbonyl (C=O) groups excluding carboxylic acids is 1. The highest BCUT2D eigenvalue weighted by molar-refractivity contribution is 5.85. The molecular weight excluding hydrogens is 256 g/mol. The van der Waals surface area contributed by atoms with Crippen LogP contribution in [0.15, 0.2) is 0 Å². The van der Waals surface area contributed by atoms with Crippen LogP contribution in [0.25, 0.3) is 0 Å². The molecule has 1 rings (SSSR count). The van der Waals surface area contributed by atoms with Crippen molar-refractivity contribution in [3.63, 3.8) is 0 Å². The van der Waals surface area contributed by atoms with E-state index in [1.807, 2.05) is 13.8 Å². The van der Waals surface area contributed by atoms with Gasteiger partial charge in [-0.3, -0.25) is 4.79 Å². The van der Waals surface area contributed by atoms with Gasteiger partial charge in [0.1, 0.15) is 6.04 Å². The van der Waals surface area contributed by atoms with Gasteiger partial charge in [0.05, 0.1) is 0 Å². The smallest absolute Gasteiger partial charge is 0.326 e. The molecule has 0 aromatic rings. The molecule has 5 heteroatoms. The number of carboxylic acid groups (broad SMARTS) is 1. The molecule has 20 heavy (non-hydrogen) atoms. The quantitative estimate of drug-likeness (QED) is 0.731. The molecule has 0 spiro atoms. The fourth-order valence-corrected chi connectivity index (χ4v) is 3.09. The van der Waals surface area contributed by atoms with Crippen molar-refractivity contribution in [2.24, 2.45) is 28.9 Å². The number of aliphatic carboxylic acids is 1. The molecule has 3 unspecified atom stereocenters. The van der Waals surface area contributed by atoms with Crippen LogP contribution in [0.1, 0.15) is 47.5 Å². The van der Waals surface area contributed by atoms with Crippen LogP contribution in [-0.2, 0) is 9.59 Å². The predicted molar refractivity (Wildman–Crippen MR) is 78.0 cm³/mol. The Morgan fingerprint density at radius 2 is 1.85 bits per heavy atom. The summed E-state index contributed by atoms with van der Waals surface area (Å²) in [7, 11) is 0. The molecule has 0 aromatic carbocycles. The second-order valence-corrected chi connectivity index (χ2v) is 6.97. The summed E-state index contributed by atoms with van der Waals surface area (Å²) in [5, 5.41) is 11.9. The lowest BCUT2D eigenvalue weighted by molar-refractivity contribution is -0.145. The maximum Gasteiger partial charge on any atom is 0.326 e. The molecular formula is C15H28N2O3. The topological polar surface area (TPSA) is 92.4 Å². The van der Waals surface area contributed by atoms with Gasteiger partial charge in [0.2, 0.25) is 5.91 Å². The fraction of sp³-hybridized carbons (Fsp3) is 0.867. The van der Waals surface area contributed by atoms with Crippen molar-refractivity contribution in [2.75, 3.05) is 0 Å². The van der Waals surface area contributed by atoms with Gasteiger partial charge in [-0.15, -0.1) is 0 Å².